The first kappa shape index (κ1) is 47.3. The van der Waals surface area contributed by atoms with E-state index in [0.29, 0.717) is 0 Å². The Morgan fingerprint density at radius 2 is 0.640 bits per heavy atom. The van der Waals surface area contributed by atoms with Crippen LogP contribution >= 0.6 is 7.26 Å². The van der Waals surface area contributed by atoms with Crippen LogP contribution in [0, 0.1) is 18.2 Å². The SMILES string of the molecule is CCCCCCCCCC[P+](c1ccccc1)(c1ccccc1)c1ccccc1.[Br-].[Cl-].[Sn+4].[c-]1ccccc1.[c-]1ccccc1.[c-]1ccccc1. The number of hydrogen-bond donors (Lipinski definition) is 0. The standard InChI is InChI=1S/C28H36P.3C6H5.BrH.ClH.Sn/c1-2-3-4-5-6-7-8-18-25-29(26-19-12-9-13-20-26,27-21-14-10-15-22-27)28-23-16-11-17-24-28;3*1-2-4-6-5-3-1;;;/h9-17,19-24H,2-8,18,25H2,1H3;3*1-5H;2*1H;/q+1;3*-1;;;+4/p-2. The topological polar surface area (TPSA) is 0 Å². The summed E-state index contributed by atoms with van der Waals surface area (Å²) in [5.74, 6) is 0. The maximum absolute atomic E-state index is 2.89. The quantitative estimate of drug-likeness (QED) is 0.0687. The summed E-state index contributed by atoms with van der Waals surface area (Å²) in [7, 11) is -1.62. The molecule has 0 N–H and O–H groups in total. The van der Waals surface area contributed by atoms with Crippen molar-refractivity contribution in [2.24, 2.45) is 0 Å². The molecule has 6 aromatic rings. The molecule has 0 amide bonds. The van der Waals surface area contributed by atoms with Gasteiger partial charge in [-0.15, -0.1) is 0 Å². The molecule has 0 aliphatic rings. The van der Waals surface area contributed by atoms with Gasteiger partial charge >= 0.3 is 23.9 Å². The Bertz CT molecular complexity index is 1240. The van der Waals surface area contributed by atoms with Gasteiger partial charge in [-0.1, -0.05) is 100 Å². The molecule has 0 spiro atoms. The molecule has 50 heavy (non-hydrogen) atoms. The first-order chi connectivity index (χ1) is 23.4. The summed E-state index contributed by atoms with van der Waals surface area (Å²) >= 11 is 0. The third-order valence-electron chi connectivity index (χ3n) is 7.76. The van der Waals surface area contributed by atoms with Crippen LogP contribution in [0.15, 0.2) is 182 Å². The third-order valence-corrected chi connectivity index (χ3v) is 12.3. The van der Waals surface area contributed by atoms with Crippen LogP contribution in [0.25, 0.3) is 0 Å². The second-order valence-corrected chi connectivity index (χ2v) is 14.9. The minimum absolute atomic E-state index is 0. The van der Waals surface area contributed by atoms with E-state index in [0.717, 1.165) is 0 Å². The zero-order valence-corrected chi connectivity index (χ0v) is 35.5. The molecular weight excluding hydrogens is 818 g/mol. The molecule has 0 heterocycles. The monoisotopic (exact) mass is 868 g/mol. The summed E-state index contributed by atoms with van der Waals surface area (Å²) in [6.45, 7) is 2.29. The maximum Gasteiger partial charge on any atom is 4.00 e. The minimum Gasteiger partial charge on any atom is -1.00 e. The second-order valence-electron chi connectivity index (χ2n) is 11.2. The number of unbranched alkanes of at least 4 members (excludes halogenated alkanes) is 7. The number of halogens is 2. The van der Waals surface area contributed by atoms with Gasteiger partial charge in [0.1, 0.15) is 23.2 Å². The van der Waals surface area contributed by atoms with E-state index >= 15 is 0 Å². The van der Waals surface area contributed by atoms with Crippen LogP contribution in [0.2, 0.25) is 0 Å². The van der Waals surface area contributed by atoms with Crippen LogP contribution < -0.4 is 45.3 Å². The molecule has 0 aromatic heterocycles. The Balaban J connectivity index is 0.000000924. The van der Waals surface area contributed by atoms with Gasteiger partial charge in [-0.25, -0.2) is 0 Å². The average Bonchev–Trinajstić information content (AvgIpc) is 3.18. The van der Waals surface area contributed by atoms with Crippen LogP contribution in [0.4, 0.5) is 0 Å². The fourth-order valence-corrected chi connectivity index (χ4v) is 9.80. The Morgan fingerprint density at radius 3 is 0.880 bits per heavy atom. The van der Waals surface area contributed by atoms with Crippen molar-refractivity contribution in [3.05, 3.63) is 200 Å². The normalized spacial score (nSPS) is 9.54. The Hall–Kier alpha value is -2.68. The molecule has 0 unspecified atom stereocenters. The van der Waals surface area contributed by atoms with Crippen molar-refractivity contribution in [3.8, 4) is 0 Å². The molecule has 0 radical (unpaired) electrons. The molecular formula is C46H51BrClPSn. The van der Waals surface area contributed by atoms with Gasteiger partial charge in [0.25, 0.3) is 0 Å². The van der Waals surface area contributed by atoms with Crippen LogP contribution in [0.5, 0.6) is 0 Å². The van der Waals surface area contributed by atoms with Crippen LogP contribution in [0.1, 0.15) is 58.3 Å². The molecule has 0 fully saturated rings. The van der Waals surface area contributed by atoms with Gasteiger partial charge in [0.2, 0.25) is 0 Å². The van der Waals surface area contributed by atoms with E-state index in [1.807, 2.05) is 91.0 Å². The summed E-state index contributed by atoms with van der Waals surface area (Å²) in [6.07, 6.45) is 12.2. The van der Waals surface area contributed by atoms with Gasteiger partial charge in [0, 0.05) is 0 Å². The van der Waals surface area contributed by atoms with Crippen LogP contribution in [-0.2, 0) is 0 Å². The van der Waals surface area contributed by atoms with Crippen molar-refractivity contribution in [2.45, 2.75) is 58.3 Å². The predicted molar refractivity (Wildman–Crippen MR) is 214 cm³/mol. The smallest absolute Gasteiger partial charge is 1.00 e. The van der Waals surface area contributed by atoms with Gasteiger partial charge in [-0.3, -0.25) is 0 Å². The summed E-state index contributed by atoms with van der Waals surface area (Å²) in [4.78, 5) is 0. The molecule has 0 aliphatic carbocycles. The molecule has 0 bridgehead atoms. The van der Waals surface area contributed by atoms with E-state index < -0.39 is 7.26 Å². The van der Waals surface area contributed by atoms with Crippen LogP contribution in [0.3, 0.4) is 0 Å². The predicted octanol–water partition coefficient (Wildman–Crippen LogP) is 5.21. The van der Waals surface area contributed by atoms with Gasteiger partial charge in [-0.2, -0.15) is 109 Å². The van der Waals surface area contributed by atoms with Crippen molar-refractivity contribution >= 4 is 47.1 Å². The summed E-state index contributed by atoms with van der Waals surface area (Å²) < 4.78 is 0. The van der Waals surface area contributed by atoms with Crippen LogP contribution in [-0.4, -0.2) is 30.1 Å². The first-order valence-corrected chi connectivity index (χ1v) is 19.1. The zero-order chi connectivity index (χ0) is 32.9. The molecule has 4 heteroatoms. The molecule has 0 saturated heterocycles. The summed E-state index contributed by atoms with van der Waals surface area (Å²) in [5.41, 5.74) is 0. The molecule has 0 nitrogen and oxygen atoms in total. The Labute approximate surface area is 338 Å². The minimum atomic E-state index is -1.62. The number of hydrogen-bond acceptors (Lipinski definition) is 0. The number of benzene rings is 6. The number of rotatable bonds is 12. The first-order valence-electron chi connectivity index (χ1n) is 17.2. The van der Waals surface area contributed by atoms with Crippen molar-refractivity contribution < 1.29 is 29.4 Å². The van der Waals surface area contributed by atoms with E-state index in [1.54, 1.807) is 0 Å². The summed E-state index contributed by atoms with van der Waals surface area (Å²) in [6, 6.07) is 71.4. The van der Waals surface area contributed by atoms with E-state index in [2.05, 4.69) is 116 Å². The molecule has 0 atom stereocenters. The van der Waals surface area contributed by atoms with Crippen molar-refractivity contribution in [1.82, 2.24) is 0 Å². The van der Waals surface area contributed by atoms with E-state index in [1.165, 1.54) is 73.4 Å². The zero-order valence-electron chi connectivity index (χ0n) is 29.4. The molecule has 6 rings (SSSR count). The van der Waals surface area contributed by atoms with Gasteiger partial charge in [-0.05, 0) is 49.2 Å². The average molecular weight is 869 g/mol. The second kappa shape index (κ2) is 32.2. The fourth-order valence-electron chi connectivity index (χ4n) is 5.39. The molecule has 6 aromatic carbocycles. The van der Waals surface area contributed by atoms with Crippen molar-refractivity contribution in [2.75, 3.05) is 6.16 Å². The largest absolute Gasteiger partial charge is 4.00 e. The summed E-state index contributed by atoms with van der Waals surface area (Å²) in [5, 5.41) is 4.54. The third kappa shape index (κ3) is 19.1. The van der Waals surface area contributed by atoms with E-state index in [9.17, 15) is 0 Å². The van der Waals surface area contributed by atoms with Gasteiger partial charge < -0.3 is 29.4 Å². The van der Waals surface area contributed by atoms with Crippen molar-refractivity contribution in [3.63, 3.8) is 0 Å². The molecule has 0 saturated carbocycles. The van der Waals surface area contributed by atoms with E-state index in [-0.39, 0.29) is 53.3 Å². The van der Waals surface area contributed by atoms with Gasteiger partial charge in [0.15, 0.2) is 0 Å². The Morgan fingerprint density at radius 1 is 0.380 bits per heavy atom. The van der Waals surface area contributed by atoms with Gasteiger partial charge in [0.05, 0.1) is 6.16 Å². The fraction of sp³-hybridized carbons (Fsp3) is 0.217. The maximum atomic E-state index is 2.89. The van der Waals surface area contributed by atoms with Crippen molar-refractivity contribution in [1.29, 1.82) is 0 Å². The molecule has 0 aliphatic heterocycles. The molecule has 258 valence electrons. The Kier molecular flexibility index (Phi) is 30.5. The van der Waals surface area contributed by atoms with E-state index in [4.69, 9.17) is 0 Å².